The SMILES string of the molecule is O=C([O-])Cc1ccc(NC2=NC(=O)C(=Cc3cc4ccccc4cc3OCc3cccs3)S2)cc1.[Na+]. The van der Waals surface area contributed by atoms with Gasteiger partial charge in [0.15, 0.2) is 5.17 Å². The van der Waals surface area contributed by atoms with E-state index in [2.05, 4.69) is 10.3 Å². The van der Waals surface area contributed by atoms with E-state index in [9.17, 15) is 14.7 Å². The van der Waals surface area contributed by atoms with Gasteiger partial charge in [0.05, 0.1) is 4.91 Å². The number of carboxylic acids is 1. The number of carbonyl (C=O) groups is 2. The molecule has 1 aliphatic heterocycles. The second kappa shape index (κ2) is 11.9. The van der Waals surface area contributed by atoms with Gasteiger partial charge in [-0.25, -0.2) is 0 Å². The van der Waals surface area contributed by atoms with Gasteiger partial charge in [0, 0.05) is 28.5 Å². The second-order valence-electron chi connectivity index (χ2n) is 7.81. The summed E-state index contributed by atoms with van der Waals surface area (Å²) in [6.07, 6.45) is 1.66. The third kappa shape index (κ3) is 6.46. The van der Waals surface area contributed by atoms with Crippen LogP contribution in [0.3, 0.4) is 0 Å². The molecule has 6 nitrogen and oxygen atoms in total. The van der Waals surface area contributed by atoms with Crippen molar-refractivity contribution < 1.29 is 49.0 Å². The second-order valence-corrected chi connectivity index (χ2v) is 9.87. The molecule has 3 aromatic carbocycles. The van der Waals surface area contributed by atoms with Gasteiger partial charge in [0.25, 0.3) is 5.91 Å². The van der Waals surface area contributed by atoms with Crippen LogP contribution in [0.15, 0.2) is 88.1 Å². The molecule has 0 fully saturated rings. The van der Waals surface area contributed by atoms with Crippen LogP contribution in [-0.2, 0) is 22.6 Å². The molecule has 4 aromatic rings. The molecule has 2 heterocycles. The van der Waals surface area contributed by atoms with Crippen molar-refractivity contribution in [2.45, 2.75) is 13.0 Å². The van der Waals surface area contributed by atoms with Gasteiger partial charge < -0.3 is 20.0 Å². The Labute approximate surface area is 238 Å². The van der Waals surface area contributed by atoms with Gasteiger partial charge >= 0.3 is 29.6 Å². The van der Waals surface area contributed by atoms with Crippen molar-refractivity contribution in [2.24, 2.45) is 4.99 Å². The summed E-state index contributed by atoms with van der Waals surface area (Å²) >= 11 is 2.88. The van der Waals surface area contributed by atoms with E-state index in [1.807, 2.05) is 60.0 Å². The smallest absolute Gasteiger partial charge is 0.550 e. The van der Waals surface area contributed by atoms with Gasteiger partial charge in [0.2, 0.25) is 0 Å². The molecule has 174 valence electrons. The zero-order valence-electron chi connectivity index (χ0n) is 19.4. The van der Waals surface area contributed by atoms with Crippen molar-refractivity contribution >= 4 is 62.7 Å². The monoisotopic (exact) mass is 522 g/mol. The van der Waals surface area contributed by atoms with E-state index in [1.54, 1.807) is 35.6 Å². The van der Waals surface area contributed by atoms with Crippen LogP contribution in [0.4, 0.5) is 5.69 Å². The van der Waals surface area contributed by atoms with Gasteiger partial charge in [0.1, 0.15) is 12.4 Å². The Hall–Kier alpha value is -2.88. The molecule has 1 amide bonds. The number of nitrogens with zero attached hydrogens (tertiary/aromatic N) is 1. The first kappa shape index (κ1) is 26.2. The largest absolute Gasteiger partial charge is 1.00 e. The topological polar surface area (TPSA) is 90.8 Å². The molecule has 36 heavy (non-hydrogen) atoms. The summed E-state index contributed by atoms with van der Waals surface area (Å²) in [5.41, 5.74) is 2.15. The Balaban J connectivity index is 0.00000304. The first-order valence-electron chi connectivity index (χ1n) is 10.8. The van der Waals surface area contributed by atoms with Gasteiger partial charge in [-0.2, -0.15) is 4.99 Å². The maximum atomic E-state index is 12.6. The summed E-state index contributed by atoms with van der Waals surface area (Å²) in [6, 6.07) is 22.9. The molecule has 0 saturated carbocycles. The van der Waals surface area contributed by atoms with E-state index in [1.165, 1.54) is 11.8 Å². The fourth-order valence-corrected chi connectivity index (χ4v) is 5.06. The number of rotatable bonds is 7. The number of hydrogen-bond donors (Lipinski definition) is 1. The number of nitrogens with one attached hydrogen (secondary N) is 1. The van der Waals surface area contributed by atoms with E-state index >= 15 is 0 Å². The van der Waals surface area contributed by atoms with E-state index in [-0.39, 0.29) is 41.9 Å². The Bertz CT molecular complexity index is 1470. The zero-order chi connectivity index (χ0) is 24.2. The third-order valence-corrected chi connectivity index (χ3v) is 7.04. The number of hydrogen-bond acceptors (Lipinski definition) is 7. The van der Waals surface area contributed by atoms with Crippen LogP contribution < -0.4 is 44.7 Å². The summed E-state index contributed by atoms with van der Waals surface area (Å²) in [6.45, 7) is 0.449. The molecule has 0 saturated heterocycles. The number of benzene rings is 3. The van der Waals surface area contributed by atoms with Crippen LogP contribution in [0.1, 0.15) is 16.0 Å². The first-order chi connectivity index (χ1) is 17.0. The minimum absolute atomic E-state index is 0. The number of anilines is 1. The number of fused-ring (bicyclic) bond motifs is 1. The van der Waals surface area contributed by atoms with Crippen molar-refractivity contribution in [3.05, 3.63) is 99.1 Å². The van der Waals surface area contributed by atoms with Crippen LogP contribution in [0.2, 0.25) is 0 Å². The van der Waals surface area contributed by atoms with E-state index in [4.69, 9.17) is 4.74 Å². The summed E-state index contributed by atoms with van der Waals surface area (Å²) < 4.78 is 6.14. The normalized spacial score (nSPS) is 13.9. The number of amides is 1. The van der Waals surface area contributed by atoms with E-state index in [0.717, 1.165) is 21.2 Å². The average molecular weight is 523 g/mol. The minimum atomic E-state index is -1.13. The molecule has 0 atom stereocenters. The number of carbonyl (C=O) groups excluding carboxylic acids is 2. The molecule has 1 aliphatic rings. The Morgan fingerprint density at radius 3 is 2.47 bits per heavy atom. The molecule has 5 rings (SSSR count). The summed E-state index contributed by atoms with van der Waals surface area (Å²) in [7, 11) is 0. The van der Waals surface area contributed by atoms with Crippen molar-refractivity contribution in [3.8, 4) is 5.75 Å². The number of ether oxygens (including phenoxy) is 1. The maximum absolute atomic E-state index is 12.6. The number of carboxylic acid groups (broad SMARTS) is 1. The molecule has 0 spiro atoms. The summed E-state index contributed by atoms with van der Waals surface area (Å²) in [5.74, 6) is -0.763. The number of aliphatic imine (C=N–C) groups is 1. The summed E-state index contributed by atoms with van der Waals surface area (Å²) in [5, 5.41) is 18.4. The molecule has 0 aliphatic carbocycles. The summed E-state index contributed by atoms with van der Waals surface area (Å²) in [4.78, 5) is 29.1. The standard InChI is InChI=1S/C27H20N2O4S2.Na/c30-25(31)12-17-7-9-21(10-8-17)28-27-29-26(32)24(35-27)15-20-13-18-4-1-2-5-19(18)14-23(20)33-16-22-6-3-11-34-22;/h1-11,13-15H,12,16H2,(H,30,31)(H,28,29,32);/q;+1/p-1. The Morgan fingerprint density at radius 1 is 1.03 bits per heavy atom. The van der Waals surface area contributed by atoms with Crippen molar-refractivity contribution in [1.82, 2.24) is 0 Å². The Morgan fingerprint density at radius 2 is 1.78 bits per heavy atom. The number of thioether (sulfide) groups is 1. The maximum Gasteiger partial charge on any atom is 1.00 e. The van der Waals surface area contributed by atoms with Crippen molar-refractivity contribution in [2.75, 3.05) is 5.32 Å². The Kier molecular flexibility index (Phi) is 8.66. The third-order valence-electron chi connectivity index (χ3n) is 5.29. The van der Waals surface area contributed by atoms with Crippen molar-refractivity contribution in [3.63, 3.8) is 0 Å². The molecule has 0 radical (unpaired) electrons. The number of amidine groups is 1. The molecule has 0 bridgehead atoms. The van der Waals surface area contributed by atoms with Crippen molar-refractivity contribution in [1.29, 1.82) is 0 Å². The molecule has 1 aromatic heterocycles. The van der Waals surface area contributed by atoms with E-state index in [0.29, 0.717) is 33.7 Å². The van der Waals surface area contributed by atoms with Gasteiger partial charge in [-0.15, -0.1) is 11.3 Å². The predicted molar refractivity (Wildman–Crippen MR) is 139 cm³/mol. The van der Waals surface area contributed by atoms with E-state index < -0.39 is 5.97 Å². The van der Waals surface area contributed by atoms with Crippen LogP contribution in [0, 0.1) is 0 Å². The fourth-order valence-electron chi connectivity index (χ4n) is 3.62. The van der Waals surface area contributed by atoms with Gasteiger partial charge in [-0.3, -0.25) is 4.79 Å². The number of thiophene rings is 1. The zero-order valence-corrected chi connectivity index (χ0v) is 23.0. The molecule has 9 heteroatoms. The van der Waals surface area contributed by atoms with Crippen LogP contribution in [0.25, 0.3) is 16.8 Å². The first-order valence-corrected chi connectivity index (χ1v) is 12.5. The molecular formula is C27H19N2NaO4S2. The number of aliphatic carboxylic acids is 1. The quantitative estimate of drug-likeness (QED) is 0.294. The average Bonchev–Trinajstić information content (AvgIpc) is 3.48. The van der Waals surface area contributed by atoms with Crippen LogP contribution in [0.5, 0.6) is 5.75 Å². The predicted octanol–water partition coefficient (Wildman–Crippen LogP) is 1.86. The van der Waals surface area contributed by atoms with Gasteiger partial charge in [-0.1, -0.05) is 42.5 Å². The van der Waals surface area contributed by atoms with Crippen LogP contribution >= 0.6 is 23.1 Å². The minimum Gasteiger partial charge on any atom is -0.550 e. The van der Waals surface area contributed by atoms with Crippen LogP contribution in [-0.4, -0.2) is 17.0 Å². The fraction of sp³-hybridized carbons (Fsp3) is 0.0741. The molecular weight excluding hydrogens is 503 g/mol. The molecule has 1 N–H and O–H groups in total. The van der Waals surface area contributed by atoms with Gasteiger partial charge in [-0.05, 0) is 69.9 Å². The molecule has 0 unspecified atom stereocenters.